The topological polar surface area (TPSA) is 38.9 Å². The van der Waals surface area contributed by atoms with E-state index < -0.39 is 13.3 Å². The van der Waals surface area contributed by atoms with Crippen molar-refractivity contribution in [1.82, 2.24) is 9.97 Å². The minimum absolute atomic E-state index is 0. The summed E-state index contributed by atoms with van der Waals surface area (Å²) in [5.41, 5.74) is 13.3. The zero-order valence-electron chi connectivity index (χ0n) is 30.7. The summed E-state index contributed by atoms with van der Waals surface area (Å²) in [6.45, 7) is 13.2. The van der Waals surface area contributed by atoms with Crippen LogP contribution in [0.3, 0.4) is 0 Å². The van der Waals surface area contributed by atoms with Gasteiger partial charge in [0.15, 0.2) is 0 Å². The van der Waals surface area contributed by atoms with Gasteiger partial charge in [0, 0.05) is 31.7 Å². The van der Waals surface area contributed by atoms with E-state index in [9.17, 15) is 0 Å². The van der Waals surface area contributed by atoms with Gasteiger partial charge in [0.1, 0.15) is 5.58 Å². The van der Waals surface area contributed by atoms with Crippen LogP contribution in [-0.4, -0.2) is 23.2 Å². The number of hydrogen-bond acceptors (Lipinski definition) is 3. The van der Waals surface area contributed by atoms with Gasteiger partial charge in [-0.25, -0.2) is 0 Å². The van der Waals surface area contributed by atoms with Gasteiger partial charge in [0.25, 0.3) is 0 Å². The molecule has 3 heterocycles. The van der Waals surface area contributed by atoms with Gasteiger partial charge in [0.2, 0.25) is 0 Å². The molecule has 0 bridgehead atoms. The number of furan rings is 1. The van der Waals surface area contributed by atoms with E-state index >= 15 is 0 Å². The number of benzene rings is 4. The van der Waals surface area contributed by atoms with Crippen molar-refractivity contribution in [1.29, 1.82) is 0 Å². The smallest absolute Gasteiger partial charge is 0 e. The van der Waals surface area contributed by atoms with E-state index in [-0.39, 0.29) is 25.5 Å². The van der Waals surface area contributed by atoms with Crippen LogP contribution in [0, 0.1) is 38.3 Å². The van der Waals surface area contributed by atoms with Crippen molar-refractivity contribution in [2.45, 2.75) is 65.2 Å². The van der Waals surface area contributed by atoms with E-state index in [2.05, 4.69) is 137 Å². The fourth-order valence-electron chi connectivity index (χ4n) is 6.27. The first-order valence-electron chi connectivity index (χ1n) is 17.1. The molecule has 1 radical (unpaired) electrons. The van der Waals surface area contributed by atoms with E-state index in [0.717, 1.165) is 50.9 Å². The molecule has 0 amide bonds. The number of aryl methyl sites for hydroxylation is 3. The number of nitrogens with zero attached hydrogens (tertiary/aromatic N) is 2. The Morgan fingerprint density at radius 3 is 2.08 bits per heavy atom. The molecule has 0 fully saturated rings. The van der Waals surface area contributed by atoms with Gasteiger partial charge >= 0.3 is 99.8 Å². The van der Waals surface area contributed by atoms with E-state index in [1.807, 2.05) is 42.7 Å². The second-order valence-corrected chi connectivity index (χ2v) is 26.1. The minimum Gasteiger partial charge on any atom is 0 e. The second kappa shape index (κ2) is 15.2. The van der Waals surface area contributed by atoms with Crippen molar-refractivity contribution >= 4 is 39.6 Å². The minimum atomic E-state index is -1.72. The molecule has 4 aromatic carbocycles. The molecular weight excluding hydrogens is 849 g/mol. The molecule has 0 aliphatic heterocycles. The molecule has 0 spiro atoms. The summed E-state index contributed by atoms with van der Waals surface area (Å²) in [5.74, 6) is 7.14. The monoisotopic (exact) mass is 897 g/mol. The van der Waals surface area contributed by atoms with Crippen molar-refractivity contribution in [2.75, 3.05) is 0 Å². The largest absolute Gasteiger partial charge is 0 e. The summed E-state index contributed by atoms with van der Waals surface area (Å²) in [6.07, 6.45) is 5.02. The van der Waals surface area contributed by atoms with E-state index in [1.165, 1.54) is 37.8 Å². The Balaban J connectivity index is 0.000000241. The molecule has 0 aliphatic rings. The van der Waals surface area contributed by atoms with Gasteiger partial charge in [-0.05, 0) is 61.1 Å². The molecule has 3 aromatic heterocycles. The molecule has 7 aromatic rings. The number of hydrogen-bond donors (Lipinski definition) is 0. The van der Waals surface area contributed by atoms with Crippen LogP contribution in [0.25, 0.3) is 55.6 Å². The Labute approximate surface area is 314 Å². The van der Waals surface area contributed by atoms with Crippen LogP contribution < -0.4 is 4.40 Å². The zero-order chi connectivity index (χ0) is 34.9. The molecule has 0 saturated carbocycles. The van der Waals surface area contributed by atoms with Crippen LogP contribution in [0.2, 0.25) is 17.3 Å². The Kier molecular flexibility index (Phi) is 11.4. The predicted molar refractivity (Wildman–Crippen MR) is 210 cm³/mol. The summed E-state index contributed by atoms with van der Waals surface area (Å²) in [6, 6.07) is 38.3. The van der Waals surface area contributed by atoms with Crippen LogP contribution in [0.5, 0.6) is 0 Å². The molecule has 0 aliphatic carbocycles. The first-order valence-corrected chi connectivity index (χ1v) is 24.4. The van der Waals surface area contributed by atoms with Crippen LogP contribution in [0.1, 0.15) is 43.0 Å². The van der Waals surface area contributed by atoms with E-state index in [0.29, 0.717) is 0 Å². The first kappa shape index (κ1) is 37.4. The van der Waals surface area contributed by atoms with Gasteiger partial charge in [0.05, 0.1) is 5.58 Å². The average Bonchev–Trinajstić information content (AvgIpc) is 3.43. The number of pyridine rings is 2. The molecule has 0 unspecified atom stereocenters. The molecule has 0 atom stereocenters. The first-order chi connectivity index (χ1) is 23.2. The molecule has 5 heteroatoms. The standard InChI is InChI=1S/C31H30NO.C14H16GeN.Ir/c1-19-12-20(2)14-23(13-19)22-10-11-25-26-8-7-9-27(30(26)33-29(25)16-22)28-15-24(17-31(4,5)6)21(3)18-32-28;1-15(2,3)13-9-10-14(16-11-13)12-7-5-4-6-8-12;/h7-8,10-16,18H,17H2,1-6H3;4-7,9-11H,1-3H3;/q2*-1;. The van der Waals surface area contributed by atoms with Crippen molar-refractivity contribution in [3.05, 3.63) is 138 Å². The zero-order valence-corrected chi connectivity index (χ0v) is 35.2. The Morgan fingerprint density at radius 2 is 1.44 bits per heavy atom. The maximum atomic E-state index is 6.46. The predicted octanol–water partition coefficient (Wildman–Crippen LogP) is 11.7. The van der Waals surface area contributed by atoms with Crippen LogP contribution in [0.15, 0.2) is 108 Å². The molecule has 257 valence electrons. The number of rotatable bonds is 5. The number of aromatic nitrogens is 2. The van der Waals surface area contributed by atoms with Gasteiger partial charge in [-0.1, -0.05) is 84.8 Å². The molecule has 0 saturated heterocycles. The van der Waals surface area contributed by atoms with Gasteiger partial charge in [-0.3, -0.25) is 0 Å². The summed E-state index contributed by atoms with van der Waals surface area (Å²) in [4.78, 5) is 9.28. The second-order valence-electron chi connectivity index (χ2n) is 15.5. The number of fused-ring (bicyclic) bond motifs is 3. The Morgan fingerprint density at radius 1 is 0.700 bits per heavy atom. The van der Waals surface area contributed by atoms with Gasteiger partial charge in [-0.2, -0.15) is 0 Å². The summed E-state index contributed by atoms with van der Waals surface area (Å²) < 4.78 is 7.90. The van der Waals surface area contributed by atoms with E-state index in [1.54, 1.807) is 0 Å². The molecule has 7 rings (SSSR count). The normalized spacial score (nSPS) is 11.6. The third-order valence-corrected chi connectivity index (χ3v) is 13.0. The summed E-state index contributed by atoms with van der Waals surface area (Å²) in [7, 11) is 0. The van der Waals surface area contributed by atoms with Crippen LogP contribution in [-0.2, 0) is 26.5 Å². The molecule has 3 nitrogen and oxygen atoms in total. The molecule has 50 heavy (non-hydrogen) atoms. The summed E-state index contributed by atoms with van der Waals surface area (Å²) >= 11 is -1.72. The third kappa shape index (κ3) is 8.72. The van der Waals surface area contributed by atoms with Crippen LogP contribution in [0.4, 0.5) is 0 Å². The Bertz CT molecular complexity index is 2220. The quantitative estimate of drug-likeness (QED) is 0.128. The van der Waals surface area contributed by atoms with Crippen molar-refractivity contribution in [3.63, 3.8) is 0 Å². The summed E-state index contributed by atoms with van der Waals surface area (Å²) in [5, 5.41) is 2.22. The average molecular weight is 896 g/mol. The fourth-order valence-corrected chi connectivity index (χ4v) is 8.44. The van der Waals surface area contributed by atoms with Gasteiger partial charge in [-0.15, -0.1) is 18.2 Å². The van der Waals surface area contributed by atoms with Crippen LogP contribution >= 0.6 is 0 Å². The van der Waals surface area contributed by atoms with Crippen molar-refractivity contribution < 1.29 is 24.5 Å². The maximum Gasteiger partial charge on any atom is 0 e. The van der Waals surface area contributed by atoms with E-state index in [4.69, 9.17) is 9.40 Å². The Hall–Kier alpha value is -3.83. The van der Waals surface area contributed by atoms with Crippen molar-refractivity contribution in [3.8, 4) is 33.6 Å². The van der Waals surface area contributed by atoms with Gasteiger partial charge < -0.3 is 9.40 Å². The molecule has 0 N–H and O–H groups in total. The maximum absolute atomic E-state index is 6.46. The third-order valence-electron chi connectivity index (χ3n) is 8.79. The molecular formula is C45H46GeIrN2O-2. The SMILES string of the molecule is Cc1cc(C)cc(-c2ccc3c(c2)oc2c(-c4cc(CC(C)(C)C)c(C)cn4)[c-]ccc23)c1.[CH3][Ge]([CH3])([CH3])[c]1ccc(-c2[c-]cccc2)nc1.[Ir]. The fraction of sp³-hybridized carbons (Fsp3) is 0.244. The van der Waals surface area contributed by atoms with Crippen molar-refractivity contribution in [2.24, 2.45) is 5.41 Å².